The fraction of sp³-hybridized carbons (Fsp3) is 0.235. The molecule has 0 radical (unpaired) electrons. The number of carbonyl (C=O) groups excluding carboxylic acids is 6. The molecule has 68 heavy (non-hydrogen) atoms. The van der Waals surface area contributed by atoms with Gasteiger partial charge in [0.15, 0.2) is 5.13 Å². The van der Waals surface area contributed by atoms with Crippen LogP contribution < -0.4 is 26.6 Å². The van der Waals surface area contributed by atoms with E-state index in [0.717, 1.165) is 9.60 Å². The average Bonchev–Trinajstić information content (AvgIpc) is 3.98. The van der Waals surface area contributed by atoms with Gasteiger partial charge in [-0.1, -0.05) is 122 Å². The minimum Gasteiger partial charge on any atom is -0.508 e. The second-order valence-electron chi connectivity index (χ2n) is 16.9. The highest BCUT2D eigenvalue weighted by atomic mass is 32.1. The highest BCUT2D eigenvalue weighted by molar-refractivity contribution is 7.22. The number of nitrogens with two attached hydrogens (primary N) is 1. The molecule has 17 heteroatoms. The predicted octanol–water partition coefficient (Wildman–Crippen LogP) is 6.23. The molecule has 6 aromatic rings. The minimum absolute atomic E-state index is 0.0475. The number of phenols is 1. The number of methoxy groups -OCH3 is 1. The molecule has 6 amide bonds. The number of ether oxygens (including phenoxy) is 2. The van der Waals surface area contributed by atoms with Crippen molar-refractivity contribution >= 4 is 68.2 Å². The predicted molar refractivity (Wildman–Crippen MR) is 252 cm³/mol. The maximum Gasteiger partial charge on any atom is 0.329 e. The number of phenolic OH excluding ortho intramolecular Hbond substituents is 1. The van der Waals surface area contributed by atoms with Gasteiger partial charge in [-0.3, -0.25) is 19.3 Å². The number of esters is 2. The van der Waals surface area contributed by atoms with Gasteiger partial charge in [0.25, 0.3) is 0 Å². The lowest BCUT2D eigenvalue weighted by atomic mass is 9.65. The molecular weight excluding hydrogens is 887 g/mol. The van der Waals surface area contributed by atoms with Gasteiger partial charge in [-0.2, -0.15) is 0 Å². The summed E-state index contributed by atoms with van der Waals surface area (Å²) in [7, 11) is 1.19. The minimum atomic E-state index is -2.19. The number of cyclic esters (lactones) is 1. The van der Waals surface area contributed by atoms with Crippen LogP contribution in [-0.4, -0.2) is 76.5 Å². The van der Waals surface area contributed by atoms with E-state index in [2.05, 4.69) is 32.8 Å². The lowest BCUT2D eigenvalue weighted by Crippen LogP contribution is -2.57. The van der Waals surface area contributed by atoms with Crippen LogP contribution in [0.25, 0.3) is 10.2 Å². The average molecular weight is 932 g/mol. The monoisotopic (exact) mass is 931 g/mol. The zero-order valence-corrected chi connectivity index (χ0v) is 37.7. The molecule has 0 saturated carbocycles. The van der Waals surface area contributed by atoms with Crippen molar-refractivity contribution in [3.63, 3.8) is 0 Å². The summed E-state index contributed by atoms with van der Waals surface area (Å²) >= 11 is 1.20. The van der Waals surface area contributed by atoms with Crippen LogP contribution in [0.15, 0.2) is 127 Å². The maximum absolute atomic E-state index is 16.5. The SMILES string of the molecule is COC(=O)C(NC(=O)N1C(=O)C2(c3cc(C#CCNC(N)=O)ccc31)C(C(=O)Nc1nc3ccccc3s1)C1C(=O)OC(c3ccccc3)C(c3ccccc3)N1C2c1ccc(O)cc1)C(C)C. The Hall–Kier alpha value is -8.07. The summed E-state index contributed by atoms with van der Waals surface area (Å²) in [6, 6.07) is 29.9. The van der Waals surface area contributed by atoms with Crippen molar-refractivity contribution in [1.82, 2.24) is 20.5 Å². The molecule has 3 aliphatic rings. The number of rotatable bonds is 9. The third-order valence-corrected chi connectivity index (χ3v) is 13.6. The van der Waals surface area contributed by atoms with Crippen LogP contribution in [0.3, 0.4) is 0 Å². The van der Waals surface area contributed by atoms with Gasteiger partial charge in [0.05, 0.1) is 47.6 Å². The normalized spacial score (nSPS) is 22.1. The van der Waals surface area contributed by atoms with E-state index in [9.17, 15) is 19.5 Å². The number of carbonyl (C=O) groups is 6. The Bertz CT molecular complexity index is 2990. The number of thiazole rings is 1. The van der Waals surface area contributed by atoms with Gasteiger partial charge in [-0.25, -0.2) is 24.3 Å². The molecule has 0 bridgehead atoms. The highest BCUT2D eigenvalue weighted by Crippen LogP contribution is 2.66. The Balaban J connectivity index is 1.35. The van der Waals surface area contributed by atoms with Gasteiger partial charge in [-0.15, -0.1) is 0 Å². The van der Waals surface area contributed by atoms with Crippen LogP contribution in [0.1, 0.15) is 59.9 Å². The maximum atomic E-state index is 16.5. The third-order valence-electron chi connectivity index (χ3n) is 12.7. The lowest BCUT2D eigenvalue weighted by molar-refractivity contribution is -0.177. The van der Waals surface area contributed by atoms with E-state index in [1.165, 1.54) is 36.6 Å². The number of primary amides is 1. The number of aromatic hydroxyl groups is 1. The summed E-state index contributed by atoms with van der Waals surface area (Å²) in [5.74, 6) is 0.365. The molecular formula is C51H45N7O9S. The summed E-state index contributed by atoms with van der Waals surface area (Å²) in [6.45, 7) is 3.29. The summed E-state index contributed by atoms with van der Waals surface area (Å²) in [5.41, 5.74) is 5.98. The zero-order chi connectivity index (χ0) is 47.9. The molecule has 7 unspecified atom stereocenters. The number of morpholine rings is 1. The smallest absolute Gasteiger partial charge is 0.329 e. The number of anilines is 2. The fourth-order valence-corrected chi connectivity index (χ4v) is 10.7. The molecule has 5 aromatic carbocycles. The number of hydrogen-bond donors (Lipinski definition) is 5. The second kappa shape index (κ2) is 18.3. The molecule has 6 N–H and O–H groups in total. The molecule has 7 atom stereocenters. The van der Waals surface area contributed by atoms with E-state index < -0.39 is 83.3 Å². The van der Waals surface area contributed by atoms with E-state index in [0.29, 0.717) is 27.8 Å². The number of benzene rings is 5. The largest absolute Gasteiger partial charge is 0.508 e. The Morgan fingerprint density at radius 1 is 0.882 bits per heavy atom. The van der Waals surface area contributed by atoms with E-state index in [1.54, 1.807) is 44.2 Å². The first kappa shape index (κ1) is 45.1. The van der Waals surface area contributed by atoms with Gasteiger partial charge < -0.3 is 36.3 Å². The zero-order valence-electron chi connectivity index (χ0n) is 36.9. The van der Waals surface area contributed by atoms with Crippen LogP contribution in [0.2, 0.25) is 0 Å². The van der Waals surface area contributed by atoms with Crippen molar-refractivity contribution in [2.24, 2.45) is 17.6 Å². The van der Waals surface area contributed by atoms with Gasteiger partial charge in [0.1, 0.15) is 29.4 Å². The number of amides is 6. The summed E-state index contributed by atoms with van der Waals surface area (Å²) in [5, 5.41) is 19.0. The number of fused-ring (bicyclic) bond motifs is 4. The number of hydrogen-bond acceptors (Lipinski definition) is 12. The number of urea groups is 2. The van der Waals surface area contributed by atoms with Crippen molar-refractivity contribution in [2.75, 3.05) is 23.9 Å². The Kier molecular flexibility index (Phi) is 12.1. The standard InChI is InChI=1S/C51H45N7O9S/c1-28(2)39(45(61)66-3)55-50(65)57-36-25-20-29(13-12-26-53-48(52)64)27-34(36)51(47(57)63)38(44(60)56-49-54-35-18-10-11-19-37(35)68-49)41-46(62)67-42(31-16-8-5-9-17-31)40(30-14-6-4-7-15-30)58(41)43(51)32-21-23-33(59)24-22-32/h4-11,14-25,27-28,38-43,59H,26H2,1-3H3,(H,55,65)(H3,52,53,64)(H,54,56,60). The van der Waals surface area contributed by atoms with Crippen molar-refractivity contribution in [3.05, 3.63) is 155 Å². The Morgan fingerprint density at radius 2 is 1.56 bits per heavy atom. The van der Waals surface area contributed by atoms with Crippen LogP contribution >= 0.6 is 11.3 Å². The highest BCUT2D eigenvalue weighted by Gasteiger charge is 2.75. The second-order valence-corrected chi connectivity index (χ2v) is 17.9. The molecule has 16 nitrogen and oxygen atoms in total. The molecule has 1 aromatic heterocycles. The lowest BCUT2D eigenvalue weighted by Gasteiger charge is -2.46. The van der Waals surface area contributed by atoms with Crippen molar-refractivity contribution in [3.8, 4) is 17.6 Å². The van der Waals surface area contributed by atoms with Gasteiger partial charge in [-0.05, 0) is 70.6 Å². The Morgan fingerprint density at radius 3 is 2.22 bits per heavy atom. The Labute approximate surface area is 394 Å². The summed E-state index contributed by atoms with van der Waals surface area (Å²) in [4.78, 5) is 94.8. The summed E-state index contributed by atoms with van der Waals surface area (Å²) < 4.78 is 12.3. The number of imide groups is 1. The van der Waals surface area contributed by atoms with E-state index in [1.807, 2.05) is 83.8 Å². The van der Waals surface area contributed by atoms with E-state index in [4.69, 9.17) is 15.2 Å². The van der Waals surface area contributed by atoms with Crippen molar-refractivity contribution < 1.29 is 43.3 Å². The number of nitrogens with zero attached hydrogens (tertiary/aromatic N) is 3. The van der Waals surface area contributed by atoms with Crippen LogP contribution in [0.5, 0.6) is 5.75 Å². The van der Waals surface area contributed by atoms with Crippen LogP contribution in [-0.2, 0) is 34.1 Å². The first-order valence-electron chi connectivity index (χ1n) is 21.8. The number of nitrogens with one attached hydrogen (secondary N) is 3. The molecule has 344 valence electrons. The topological polar surface area (TPSA) is 223 Å². The molecule has 9 rings (SSSR count). The van der Waals surface area contributed by atoms with Gasteiger partial charge in [0.2, 0.25) is 11.8 Å². The third kappa shape index (κ3) is 7.82. The van der Waals surface area contributed by atoms with E-state index in [-0.39, 0.29) is 28.7 Å². The molecule has 4 heterocycles. The summed E-state index contributed by atoms with van der Waals surface area (Å²) in [6.07, 6.45) is -0.984. The molecule has 3 aliphatic heterocycles. The molecule has 0 aliphatic carbocycles. The van der Waals surface area contributed by atoms with E-state index >= 15 is 14.4 Å². The quantitative estimate of drug-likeness (QED) is 0.0807. The fourth-order valence-electron chi connectivity index (χ4n) is 9.85. The van der Waals surface area contributed by atoms with Gasteiger partial charge in [0, 0.05) is 5.56 Å². The molecule has 2 fully saturated rings. The number of aromatic nitrogens is 1. The van der Waals surface area contributed by atoms with Crippen LogP contribution in [0, 0.1) is 23.7 Å². The van der Waals surface area contributed by atoms with Crippen LogP contribution in [0.4, 0.5) is 20.4 Å². The van der Waals surface area contributed by atoms with Gasteiger partial charge >= 0.3 is 24.0 Å². The first-order valence-corrected chi connectivity index (χ1v) is 22.6. The first-order chi connectivity index (χ1) is 32.8. The molecule has 1 spiro atoms. The molecule has 2 saturated heterocycles. The van der Waals surface area contributed by atoms with Crippen molar-refractivity contribution in [1.29, 1.82) is 0 Å². The van der Waals surface area contributed by atoms with Crippen molar-refractivity contribution in [2.45, 2.75) is 49.5 Å². The number of para-hydroxylation sites is 1.